The summed E-state index contributed by atoms with van der Waals surface area (Å²) in [6, 6.07) is 5.19. The summed E-state index contributed by atoms with van der Waals surface area (Å²) in [6.07, 6.45) is 1.68. The average Bonchev–Trinajstić information content (AvgIpc) is 2.41. The molecule has 0 aromatic heterocycles. The molecule has 0 spiro atoms. The highest BCUT2D eigenvalue weighted by Crippen LogP contribution is 2.29. The largest absolute Gasteiger partial charge is 0.490 e. The quantitative estimate of drug-likeness (QED) is 0.613. The van der Waals surface area contributed by atoms with E-state index in [1.807, 2.05) is 0 Å². The average molecular weight is 178 g/mol. The molecule has 2 rings (SSSR count). The molecule has 1 heterocycles. The summed E-state index contributed by atoms with van der Waals surface area (Å²) in [5.41, 5.74) is 0.615. The number of hydrogen-bond acceptors (Lipinski definition) is 3. The van der Waals surface area contributed by atoms with Crippen LogP contribution in [0.5, 0.6) is 11.5 Å². The Morgan fingerprint density at radius 2 is 1.92 bits per heavy atom. The minimum Gasteiger partial charge on any atom is -0.490 e. The summed E-state index contributed by atoms with van der Waals surface area (Å²) < 4.78 is 10.8. The summed E-state index contributed by atoms with van der Waals surface area (Å²) in [5, 5.41) is 0. The third kappa shape index (κ3) is 1.64. The van der Waals surface area contributed by atoms with Gasteiger partial charge in [-0.2, -0.15) is 0 Å². The lowest BCUT2D eigenvalue weighted by atomic mass is 10.2. The molecule has 1 aliphatic rings. The Labute approximate surface area is 76.3 Å². The smallest absolute Gasteiger partial charge is 0.161 e. The fourth-order valence-corrected chi connectivity index (χ4v) is 1.25. The van der Waals surface area contributed by atoms with Crippen molar-refractivity contribution >= 4 is 6.29 Å². The minimum atomic E-state index is 0.615. The van der Waals surface area contributed by atoms with Crippen molar-refractivity contribution in [2.75, 3.05) is 13.2 Å². The summed E-state index contributed by atoms with van der Waals surface area (Å²) in [4.78, 5) is 10.5. The van der Waals surface area contributed by atoms with E-state index in [0.29, 0.717) is 24.5 Å². The summed E-state index contributed by atoms with van der Waals surface area (Å²) in [7, 11) is 0. The van der Waals surface area contributed by atoms with Crippen molar-refractivity contribution in [3.05, 3.63) is 23.8 Å². The van der Waals surface area contributed by atoms with Crippen LogP contribution in [0.4, 0.5) is 0 Å². The van der Waals surface area contributed by atoms with Crippen molar-refractivity contribution in [2.24, 2.45) is 0 Å². The second kappa shape index (κ2) is 3.47. The first-order valence-corrected chi connectivity index (χ1v) is 4.25. The Morgan fingerprint density at radius 1 is 1.15 bits per heavy atom. The molecular weight excluding hydrogens is 168 g/mol. The molecule has 0 fully saturated rings. The number of fused-ring (bicyclic) bond motifs is 1. The van der Waals surface area contributed by atoms with Crippen LogP contribution in [-0.2, 0) is 0 Å². The van der Waals surface area contributed by atoms with Crippen LogP contribution in [0.3, 0.4) is 0 Å². The Morgan fingerprint density at radius 3 is 2.69 bits per heavy atom. The van der Waals surface area contributed by atoms with E-state index >= 15 is 0 Å². The van der Waals surface area contributed by atoms with Gasteiger partial charge in [0.05, 0.1) is 13.2 Å². The van der Waals surface area contributed by atoms with E-state index in [4.69, 9.17) is 9.47 Å². The predicted molar refractivity (Wildman–Crippen MR) is 47.4 cm³/mol. The van der Waals surface area contributed by atoms with Gasteiger partial charge in [0.2, 0.25) is 0 Å². The van der Waals surface area contributed by atoms with E-state index in [2.05, 4.69) is 0 Å². The predicted octanol–water partition coefficient (Wildman–Crippen LogP) is 1.66. The lowest BCUT2D eigenvalue weighted by Crippen LogP contribution is -1.97. The first-order valence-electron chi connectivity index (χ1n) is 4.25. The second-order valence-corrected chi connectivity index (χ2v) is 2.87. The zero-order valence-electron chi connectivity index (χ0n) is 7.16. The number of hydrogen-bond donors (Lipinski definition) is 0. The van der Waals surface area contributed by atoms with Crippen LogP contribution in [0.2, 0.25) is 0 Å². The maximum Gasteiger partial charge on any atom is 0.161 e. The molecule has 0 N–H and O–H groups in total. The van der Waals surface area contributed by atoms with Crippen LogP contribution in [0.25, 0.3) is 0 Å². The number of ether oxygens (including phenoxy) is 2. The topological polar surface area (TPSA) is 35.5 Å². The van der Waals surface area contributed by atoms with Crippen molar-refractivity contribution in [3.63, 3.8) is 0 Å². The molecule has 1 aromatic carbocycles. The van der Waals surface area contributed by atoms with Gasteiger partial charge in [-0.1, -0.05) is 0 Å². The van der Waals surface area contributed by atoms with Gasteiger partial charge < -0.3 is 9.47 Å². The van der Waals surface area contributed by atoms with Gasteiger partial charge in [-0.3, -0.25) is 4.79 Å². The fraction of sp³-hybridized carbons (Fsp3) is 0.300. The molecule has 13 heavy (non-hydrogen) atoms. The first-order chi connectivity index (χ1) is 6.40. The standard InChI is InChI=1S/C10H10O3/c11-7-8-2-3-9-10(6-8)13-5-1-4-12-9/h2-3,6-7H,1,4-5H2. The zero-order valence-corrected chi connectivity index (χ0v) is 7.16. The Kier molecular flexibility index (Phi) is 2.17. The van der Waals surface area contributed by atoms with Gasteiger partial charge in [-0.15, -0.1) is 0 Å². The highest BCUT2D eigenvalue weighted by molar-refractivity contribution is 5.76. The molecule has 0 saturated carbocycles. The van der Waals surface area contributed by atoms with Crippen molar-refractivity contribution < 1.29 is 14.3 Å². The number of rotatable bonds is 1. The first kappa shape index (κ1) is 8.10. The van der Waals surface area contributed by atoms with Crippen LogP contribution in [-0.4, -0.2) is 19.5 Å². The Balaban J connectivity index is 2.37. The number of carbonyl (C=O) groups is 1. The highest BCUT2D eigenvalue weighted by Gasteiger charge is 2.09. The fourth-order valence-electron chi connectivity index (χ4n) is 1.25. The van der Waals surface area contributed by atoms with Crippen LogP contribution in [0.15, 0.2) is 18.2 Å². The van der Waals surface area contributed by atoms with Crippen LogP contribution >= 0.6 is 0 Å². The molecule has 1 aliphatic heterocycles. The third-order valence-corrected chi connectivity index (χ3v) is 1.91. The van der Waals surface area contributed by atoms with Gasteiger partial charge in [0, 0.05) is 12.0 Å². The van der Waals surface area contributed by atoms with E-state index < -0.39 is 0 Å². The van der Waals surface area contributed by atoms with Gasteiger partial charge in [-0.05, 0) is 18.2 Å². The maximum atomic E-state index is 10.5. The summed E-state index contributed by atoms with van der Waals surface area (Å²) in [6.45, 7) is 1.32. The lowest BCUT2D eigenvalue weighted by Gasteiger charge is -2.06. The van der Waals surface area contributed by atoms with Crippen molar-refractivity contribution in [2.45, 2.75) is 6.42 Å². The van der Waals surface area contributed by atoms with Crippen molar-refractivity contribution in [1.82, 2.24) is 0 Å². The minimum absolute atomic E-state index is 0.615. The molecule has 0 aliphatic carbocycles. The molecule has 0 saturated heterocycles. The molecule has 0 radical (unpaired) electrons. The van der Waals surface area contributed by atoms with Crippen molar-refractivity contribution in [3.8, 4) is 11.5 Å². The monoisotopic (exact) mass is 178 g/mol. The van der Waals surface area contributed by atoms with Gasteiger partial charge in [0.15, 0.2) is 11.5 Å². The Hall–Kier alpha value is -1.51. The van der Waals surface area contributed by atoms with Crippen LogP contribution in [0, 0.1) is 0 Å². The van der Waals surface area contributed by atoms with E-state index in [1.54, 1.807) is 18.2 Å². The van der Waals surface area contributed by atoms with Gasteiger partial charge in [0.1, 0.15) is 6.29 Å². The molecule has 1 aromatic rings. The van der Waals surface area contributed by atoms with Crippen LogP contribution in [0.1, 0.15) is 16.8 Å². The molecule has 0 atom stereocenters. The summed E-state index contributed by atoms with van der Waals surface area (Å²) >= 11 is 0. The van der Waals surface area contributed by atoms with Crippen molar-refractivity contribution in [1.29, 1.82) is 0 Å². The third-order valence-electron chi connectivity index (χ3n) is 1.91. The van der Waals surface area contributed by atoms with Crippen LogP contribution < -0.4 is 9.47 Å². The van der Waals surface area contributed by atoms with Gasteiger partial charge >= 0.3 is 0 Å². The number of benzene rings is 1. The summed E-state index contributed by atoms with van der Waals surface area (Å²) in [5.74, 6) is 1.39. The number of aldehydes is 1. The molecule has 0 amide bonds. The van der Waals surface area contributed by atoms with E-state index in [0.717, 1.165) is 18.5 Å². The van der Waals surface area contributed by atoms with Gasteiger partial charge in [0.25, 0.3) is 0 Å². The van der Waals surface area contributed by atoms with Gasteiger partial charge in [-0.25, -0.2) is 0 Å². The number of carbonyl (C=O) groups excluding carboxylic acids is 1. The lowest BCUT2D eigenvalue weighted by molar-refractivity contribution is 0.112. The second-order valence-electron chi connectivity index (χ2n) is 2.87. The molecule has 0 bridgehead atoms. The normalized spacial score (nSPS) is 14.8. The zero-order chi connectivity index (χ0) is 9.10. The van der Waals surface area contributed by atoms with E-state index in [-0.39, 0.29) is 0 Å². The Bertz CT molecular complexity index is 320. The molecule has 68 valence electrons. The molecular formula is C10H10O3. The molecule has 3 heteroatoms. The molecule has 3 nitrogen and oxygen atoms in total. The maximum absolute atomic E-state index is 10.5. The van der Waals surface area contributed by atoms with E-state index in [9.17, 15) is 4.79 Å². The molecule has 0 unspecified atom stereocenters. The highest BCUT2D eigenvalue weighted by atomic mass is 16.5. The SMILES string of the molecule is O=Cc1ccc2c(c1)OCCCO2. The van der Waals surface area contributed by atoms with E-state index in [1.165, 1.54) is 0 Å².